The van der Waals surface area contributed by atoms with E-state index in [1.807, 2.05) is 12.1 Å². The van der Waals surface area contributed by atoms with Crippen LogP contribution >= 0.6 is 0 Å². The number of anilines is 1. The highest BCUT2D eigenvalue weighted by molar-refractivity contribution is 5.99. The third-order valence-electron chi connectivity index (χ3n) is 4.51. The summed E-state index contributed by atoms with van der Waals surface area (Å²) < 4.78 is 0. The quantitative estimate of drug-likeness (QED) is 0.789. The van der Waals surface area contributed by atoms with Crippen LogP contribution < -0.4 is 10.6 Å². The topological polar surface area (TPSA) is 78.5 Å². The number of likely N-dealkylation sites (N-methyl/N-ethyl adjacent to an activating group) is 1. The molecule has 0 spiro atoms. The van der Waals surface area contributed by atoms with Crippen LogP contribution in [0.25, 0.3) is 0 Å². The Morgan fingerprint density at radius 2 is 1.48 bits per heavy atom. The van der Waals surface area contributed by atoms with Gasteiger partial charge in [-0.05, 0) is 40.8 Å². The van der Waals surface area contributed by atoms with Crippen LogP contribution in [0.2, 0.25) is 0 Å². The van der Waals surface area contributed by atoms with Gasteiger partial charge >= 0.3 is 0 Å². The van der Waals surface area contributed by atoms with E-state index in [4.69, 9.17) is 0 Å². The Balaban J connectivity index is 1.85. The van der Waals surface area contributed by atoms with Crippen molar-refractivity contribution in [3.8, 4) is 0 Å². The largest absolute Gasteiger partial charge is 0.349 e. The molecule has 0 bridgehead atoms. The maximum atomic E-state index is 12.2. The average Bonchev–Trinajstić information content (AvgIpc) is 2.67. The fourth-order valence-corrected chi connectivity index (χ4v) is 2.63. The molecule has 0 aromatic heterocycles. The lowest BCUT2D eigenvalue weighted by molar-refractivity contribution is -0.128. The zero-order chi connectivity index (χ0) is 21.6. The molecule has 0 saturated carbocycles. The van der Waals surface area contributed by atoms with E-state index in [2.05, 4.69) is 31.4 Å². The normalized spacial score (nSPS) is 10.9. The molecule has 6 nitrogen and oxygen atoms in total. The van der Waals surface area contributed by atoms with Crippen LogP contribution in [-0.4, -0.2) is 43.3 Å². The number of benzene rings is 2. The summed E-state index contributed by atoms with van der Waals surface area (Å²) in [5.41, 5.74) is 3.15. The van der Waals surface area contributed by atoms with Crippen molar-refractivity contribution in [1.29, 1.82) is 0 Å². The van der Waals surface area contributed by atoms with Gasteiger partial charge in [-0.3, -0.25) is 14.4 Å². The Hall–Kier alpha value is -3.15. The molecule has 0 radical (unpaired) electrons. The summed E-state index contributed by atoms with van der Waals surface area (Å²) in [5.74, 6) is -0.597. The van der Waals surface area contributed by atoms with Crippen molar-refractivity contribution in [2.75, 3.05) is 26.0 Å². The van der Waals surface area contributed by atoms with Gasteiger partial charge in [-0.2, -0.15) is 0 Å². The van der Waals surface area contributed by atoms with E-state index in [1.165, 1.54) is 4.90 Å². The third kappa shape index (κ3) is 6.75. The second-order valence-electron chi connectivity index (χ2n) is 8.22. The lowest BCUT2D eigenvalue weighted by Crippen LogP contribution is -2.32. The van der Waals surface area contributed by atoms with E-state index in [1.54, 1.807) is 50.5 Å². The first-order valence-electron chi connectivity index (χ1n) is 9.54. The molecule has 3 amide bonds. The SMILES string of the molecule is CN(C)C(=O)Cc1ccc(NC(=O)CNC(=O)c2ccc(C(C)(C)C)cc2)cc1. The van der Waals surface area contributed by atoms with Gasteiger partial charge in [0, 0.05) is 25.3 Å². The highest BCUT2D eigenvalue weighted by atomic mass is 16.2. The first-order chi connectivity index (χ1) is 13.6. The number of carbonyl (C=O) groups excluding carboxylic acids is 3. The van der Waals surface area contributed by atoms with Crippen molar-refractivity contribution in [3.05, 3.63) is 65.2 Å². The molecular weight excluding hydrogens is 366 g/mol. The van der Waals surface area contributed by atoms with Crippen LogP contribution in [0.5, 0.6) is 0 Å². The van der Waals surface area contributed by atoms with Gasteiger partial charge in [-0.1, -0.05) is 45.0 Å². The molecule has 6 heteroatoms. The minimum Gasteiger partial charge on any atom is -0.349 e. The van der Waals surface area contributed by atoms with Crippen molar-refractivity contribution in [2.24, 2.45) is 0 Å². The molecule has 0 heterocycles. The lowest BCUT2D eigenvalue weighted by Gasteiger charge is -2.19. The van der Waals surface area contributed by atoms with Crippen LogP contribution in [0, 0.1) is 0 Å². The molecule has 0 saturated heterocycles. The minimum absolute atomic E-state index is 0.0139. The maximum Gasteiger partial charge on any atom is 0.251 e. The monoisotopic (exact) mass is 395 g/mol. The number of rotatable bonds is 6. The number of hydrogen-bond acceptors (Lipinski definition) is 3. The zero-order valence-corrected chi connectivity index (χ0v) is 17.7. The van der Waals surface area contributed by atoms with Gasteiger partial charge in [0.05, 0.1) is 13.0 Å². The maximum absolute atomic E-state index is 12.2. The number of carbonyl (C=O) groups is 3. The highest BCUT2D eigenvalue weighted by Gasteiger charge is 2.14. The molecule has 2 aromatic rings. The van der Waals surface area contributed by atoms with Crippen LogP contribution in [0.4, 0.5) is 5.69 Å². The van der Waals surface area contributed by atoms with Crippen molar-refractivity contribution < 1.29 is 14.4 Å². The first kappa shape index (κ1) is 22.1. The van der Waals surface area contributed by atoms with Crippen LogP contribution in [0.15, 0.2) is 48.5 Å². The van der Waals surface area contributed by atoms with Gasteiger partial charge in [-0.25, -0.2) is 0 Å². The molecule has 0 aliphatic carbocycles. The molecule has 29 heavy (non-hydrogen) atoms. The van der Waals surface area contributed by atoms with Gasteiger partial charge in [-0.15, -0.1) is 0 Å². The average molecular weight is 396 g/mol. The summed E-state index contributed by atoms with van der Waals surface area (Å²) in [6, 6.07) is 14.5. The van der Waals surface area contributed by atoms with Crippen LogP contribution in [0.1, 0.15) is 42.3 Å². The molecule has 154 valence electrons. The number of nitrogens with one attached hydrogen (secondary N) is 2. The van der Waals surface area contributed by atoms with Crippen LogP contribution in [0.3, 0.4) is 0 Å². The smallest absolute Gasteiger partial charge is 0.251 e. The molecule has 0 atom stereocenters. The van der Waals surface area contributed by atoms with Gasteiger partial charge in [0.15, 0.2) is 0 Å². The summed E-state index contributed by atoms with van der Waals surface area (Å²) in [7, 11) is 3.42. The van der Waals surface area contributed by atoms with Gasteiger partial charge in [0.1, 0.15) is 0 Å². The number of amides is 3. The minimum atomic E-state index is -0.318. The Morgan fingerprint density at radius 1 is 0.897 bits per heavy atom. The molecule has 0 aliphatic heterocycles. The molecule has 0 fully saturated rings. The summed E-state index contributed by atoms with van der Waals surface area (Å²) in [4.78, 5) is 37.6. The number of nitrogens with zero attached hydrogens (tertiary/aromatic N) is 1. The Morgan fingerprint density at radius 3 is 2.00 bits per heavy atom. The summed E-state index contributed by atoms with van der Waals surface area (Å²) >= 11 is 0. The summed E-state index contributed by atoms with van der Waals surface area (Å²) in [6.45, 7) is 6.21. The van der Waals surface area contributed by atoms with Crippen molar-refractivity contribution >= 4 is 23.4 Å². The Labute approximate surface area is 172 Å². The van der Waals surface area contributed by atoms with E-state index < -0.39 is 0 Å². The molecule has 2 aromatic carbocycles. The van der Waals surface area contributed by atoms with Gasteiger partial charge in [0.25, 0.3) is 5.91 Å². The van der Waals surface area contributed by atoms with E-state index in [0.717, 1.165) is 11.1 Å². The summed E-state index contributed by atoms with van der Waals surface area (Å²) in [6.07, 6.45) is 0.311. The second kappa shape index (κ2) is 9.37. The predicted molar refractivity (Wildman–Crippen MR) is 115 cm³/mol. The fraction of sp³-hybridized carbons (Fsp3) is 0.348. The first-order valence-corrected chi connectivity index (χ1v) is 9.54. The van der Waals surface area contributed by atoms with E-state index in [-0.39, 0.29) is 29.7 Å². The Kier molecular flexibility index (Phi) is 7.15. The van der Waals surface area contributed by atoms with Crippen LogP contribution in [-0.2, 0) is 21.4 Å². The van der Waals surface area contributed by atoms with E-state index in [0.29, 0.717) is 17.7 Å². The standard InChI is InChI=1S/C23H29N3O3/c1-23(2,3)18-10-8-17(9-11-18)22(29)24-15-20(27)25-19-12-6-16(7-13-19)14-21(28)26(4)5/h6-13H,14-15H2,1-5H3,(H,24,29)(H,25,27). The van der Waals surface area contributed by atoms with Crippen molar-refractivity contribution in [1.82, 2.24) is 10.2 Å². The third-order valence-corrected chi connectivity index (χ3v) is 4.51. The molecule has 2 N–H and O–H groups in total. The molecule has 2 rings (SSSR count). The van der Waals surface area contributed by atoms with Crippen molar-refractivity contribution in [3.63, 3.8) is 0 Å². The van der Waals surface area contributed by atoms with Crippen molar-refractivity contribution in [2.45, 2.75) is 32.6 Å². The van der Waals surface area contributed by atoms with Gasteiger partial charge in [0.2, 0.25) is 11.8 Å². The second-order valence-corrected chi connectivity index (χ2v) is 8.22. The molecular formula is C23H29N3O3. The Bertz CT molecular complexity index is 864. The fourth-order valence-electron chi connectivity index (χ4n) is 2.63. The predicted octanol–water partition coefficient (Wildman–Crippen LogP) is 2.98. The highest BCUT2D eigenvalue weighted by Crippen LogP contribution is 2.22. The number of hydrogen-bond donors (Lipinski definition) is 2. The van der Waals surface area contributed by atoms with Gasteiger partial charge < -0.3 is 15.5 Å². The molecule has 0 unspecified atom stereocenters. The summed E-state index contributed by atoms with van der Waals surface area (Å²) in [5, 5.41) is 5.36. The lowest BCUT2D eigenvalue weighted by atomic mass is 9.87. The van der Waals surface area contributed by atoms with E-state index in [9.17, 15) is 14.4 Å². The molecule has 0 aliphatic rings. The van der Waals surface area contributed by atoms with E-state index >= 15 is 0 Å². The zero-order valence-electron chi connectivity index (χ0n) is 17.7.